The molecule has 0 heterocycles. The van der Waals surface area contributed by atoms with E-state index in [9.17, 15) is 0 Å². The first kappa shape index (κ1) is 16.7. The topological polar surface area (TPSA) is 30.5 Å². The van der Waals surface area contributed by atoms with E-state index in [1.807, 2.05) is 38.1 Å². The molecule has 0 aliphatic carbocycles. The van der Waals surface area contributed by atoms with Crippen LogP contribution >= 0.6 is 0 Å². The Morgan fingerprint density at radius 1 is 1.30 bits per heavy atom. The summed E-state index contributed by atoms with van der Waals surface area (Å²) in [6.45, 7) is 9.54. The van der Waals surface area contributed by atoms with Crippen LogP contribution in [-0.4, -0.2) is 32.4 Å². The average molecular weight is 277 g/mol. The summed E-state index contributed by atoms with van der Waals surface area (Å²) in [7, 11) is 0. The van der Waals surface area contributed by atoms with Crippen LogP contribution in [0.25, 0.3) is 6.08 Å². The van der Waals surface area contributed by atoms with Crippen molar-refractivity contribution in [2.24, 2.45) is 0 Å². The number of nitrogens with one attached hydrogen (secondary N) is 1. The second-order valence-corrected chi connectivity index (χ2v) is 4.72. The molecule has 0 saturated carbocycles. The molecule has 1 N–H and O–H groups in total. The first-order valence-corrected chi connectivity index (χ1v) is 7.44. The molecule has 3 nitrogen and oxygen atoms in total. The van der Waals surface area contributed by atoms with Crippen molar-refractivity contribution in [2.75, 3.05) is 26.3 Å². The standard InChI is InChI=1S/C17H27NO2/c1-4-9-16-10-6-7-11-17(16)20-15(3)14-18-12-8-13-19-5-2/h4,6-7,9-11,15,18H,5,8,12-14H2,1-3H3. The van der Waals surface area contributed by atoms with Gasteiger partial charge < -0.3 is 14.8 Å². The van der Waals surface area contributed by atoms with Crippen LogP contribution in [0.3, 0.4) is 0 Å². The summed E-state index contributed by atoms with van der Waals surface area (Å²) in [6, 6.07) is 8.11. The number of hydrogen-bond donors (Lipinski definition) is 1. The van der Waals surface area contributed by atoms with Crippen molar-refractivity contribution in [1.29, 1.82) is 0 Å². The van der Waals surface area contributed by atoms with Crippen LogP contribution in [0.2, 0.25) is 0 Å². The van der Waals surface area contributed by atoms with Crippen molar-refractivity contribution in [3.63, 3.8) is 0 Å². The third-order valence-corrected chi connectivity index (χ3v) is 2.87. The van der Waals surface area contributed by atoms with Crippen molar-refractivity contribution in [3.8, 4) is 5.75 Å². The van der Waals surface area contributed by atoms with Crippen molar-refractivity contribution in [3.05, 3.63) is 35.9 Å². The van der Waals surface area contributed by atoms with Crippen molar-refractivity contribution >= 4 is 6.08 Å². The lowest BCUT2D eigenvalue weighted by Gasteiger charge is -2.17. The Hall–Kier alpha value is -1.32. The summed E-state index contributed by atoms with van der Waals surface area (Å²) in [4.78, 5) is 0. The van der Waals surface area contributed by atoms with E-state index in [0.29, 0.717) is 0 Å². The predicted molar refractivity (Wildman–Crippen MR) is 85.2 cm³/mol. The maximum absolute atomic E-state index is 5.98. The molecule has 1 rings (SSSR count). The fourth-order valence-corrected chi connectivity index (χ4v) is 1.91. The Morgan fingerprint density at radius 3 is 2.85 bits per heavy atom. The lowest BCUT2D eigenvalue weighted by atomic mass is 10.2. The second kappa shape index (κ2) is 10.5. The van der Waals surface area contributed by atoms with Gasteiger partial charge in [-0.15, -0.1) is 0 Å². The normalized spacial score (nSPS) is 12.8. The highest BCUT2D eigenvalue weighted by molar-refractivity contribution is 5.56. The van der Waals surface area contributed by atoms with Gasteiger partial charge in [0.25, 0.3) is 0 Å². The molecule has 0 spiro atoms. The molecule has 0 amide bonds. The van der Waals surface area contributed by atoms with Gasteiger partial charge in [0.1, 0.15) is 11.9 Å². The predicted octanol–water partition coefficient (Wildman–Crippen LogP) is 3.50. The van der Waals surface area contributed by atoms with Crippen LogP contribution in [0, 0.1) is 0 Å². The number of benzene rings is 1. The summed E-state index contributed by atoms with van der Waals surface area (Å²) >= 11 is 0. The quantitative estimate of drug-likeness (QED) is 0.664. The number of ether oxygens (including phenoxy) is 2. The van der Waals surface area contributed by atoms with E-state index in [2.05, 4.69) is 24.4 Å². The van der Waals surface area contributed by atoms with Crippen LogP contribution in [0.15, 0.2) is 30.3 Å². The molecule has 1 atom stereocenters. The third-order valence-electron chi connectivity index (χ3n) is 2.87. The summed E-state index contributed by atoms with van der Waals surface area (Å²) in [5, 5.41) is 3.39. The van der Waals surface area contributed by atoms with Crippen LogP contribution < -0.4 is 10.1 Å². The molecule has 3 heteroatoms. The minimum Gasteiger partial charge on any atom is -0.489 e. The molecule has 0 aromatic heterocycles. The molecule has 20 heavy (non-hydrogen) atoms. The highest BCUT2D eigenvalue weighted by atomic mass is 16.5. The molecule has 1 aromatic rings. The van der Waals surface area contributed by atoms with E-state index in [-0.39, 0.29) is 6.10 Å². The molecular weight excluding hydrogens is 250 g/mol. The maximum atomic E-state index is 5.98. The Bertz CT molecular complexity index is 390. The highest BCUT2D eigenvalue weighted by Crippen LogP contribution is 2.20. The fourth-order valence-electron chi connectivity index (χ4n) is 1.91. The summed E-state index contributed by atoms with van der Waals surface area (Å²) in [6.07, 6.45) is 5.28. The van der Waals surface area contributed by atoms with Gasteiger partial charge in [-0.05, 0) is 39.8 Å². The van der Waals surface area contributed by atoms with Crippen LogP contribution in [0.1, 0.15) is 32.8 Å². The molecule has 0 aliphatic heterocycles. The van der Waals surface area contributed by atoms with Gasteiger partial charge in [0.05, 0.1) is 0 Å². The Labute approximate surface area is 123 Å². The van der Waals surface area contributed by atoms with Gasteiger partial charge in [-0.1, -0.05) is 30.4 Å². The van der Waals surface area contributed by atoms with Gasteiger partial charge >= 0.3 is 0 Å². The first-order chi connectivity index (χ1) is 9.77. The molecule has 112 valence electrons. The van der Waals surface area contributed by atoms with Gasteiger partial charge in [0, 0.05) is 25.3 Å². The van der Waals surface area contributed by atoms with Crippen molar-refractivity contribution in [2.45, 2.75) is 33.3 Å². The highest BCUT2D eigenvalue weighted by Gasteiger charge is 2.06. The van der Waals surface area contributed by atoms with Gasteiger partial charge in [-0.3, -0.25) is 0 Å². The molecule has 1 unspecified atom stereocenters. The van der Waals surface area contributed by atoms with E-state index in [4.69, 9.17) is 9.47 Å². The molecule has 0 radical (unpaired) electrons. The van der Waals surface area contributed by atoms with Gasteiger partial charge in [-0.25, -0.2) is 0 Å². The van der Waals surface area contributed by atoms with Crippen LogP contribution in [0.5, 0.6) is 5.75 Å². The zero-order valence-electron chi connectivity index (χ0n) is 12.9. The minimum atomic E-state index is 0.147. The van der Waals surface area contributed by atoms with E-state index in [1.54, 1.807) is 0 Å². The number of rotatable bonds is 10. The third kappa shape index (κ3) is 6.73. The summed E-state index contributed by atoms with van der Waals surface area (Å²) in [5.41, 5.74) is 1.12. The lowest BCUT2D eigenvalue weighted by molar-refractivity contribution is 0.143. The Kier molecular flexibility index (Phi) is 8.76. The van der Waals surface area contributed by atoms with Crippen LogP contribution in [0.4, 0.5) is 0 Å². The minimum absolute atomic E-state index is 0.147. The number of hydrogen-bond acceptors (Lipinski definition) is 3. The SMILES string of the molecule is CC=Cc1ccccc1OC(C)CNCCCOCC. The molecular formula is C17H27NO2. The zero-order valence-corrected chi connectivity index (χ0v) is 12.9. The zero-order chi connectivity index (χ0) is 14.6. The van der Waals surface area contributed by atoms with Gasteiger partial charge in [0.15, 0.2) is 0 Å². The van der Waals surface area contributed by atoms with E-state index in [0.717, 1.165) is 44.0 Å². The number of para-hydroxylation sites is 1. The maximum Gasteiger partial charge on any atom is 0.126 e. The van der Waals surface area contributed by atoms with E-state index in [1.165, 1.54) is 0 Å². The van der Waals surface area contributed by atoms with E-state index >= 15 is 0 Å². The molecule has 0 saturated heterocycles. The Balaban J connectivity index is 2.30. The molecule has 1 aromatic carbocycles. The fraction of sp³-hybridized carbons (Fsp3) is 0.529. The second-order valence-electron chi connectivity index (χ2n) is 4.72. The number of allylic oxidation sites excluding steroid dienone is 1. The largest absolute Gasteiger partial charge is 0.489 e. The molecule has 0 aliphatic rings. The molecule has 0 bridgehead atoms. The summed E-state index contributed by atoms with van der Waals surface area (Å²) in [5.74, 6) is 0.939. The van der Waals surface area contributed by atoms with Gasteiger partial charge in [-0.2, -0.15) is 0 Å². The van der Waals surface area contributed by atoms with E-state index < -0.39 is 0 Å². The Morgan fingerprint density at radius 2 is 2.10 bits per heavy atom. The van der Waals surface area contributed by atoms with Crippen LogP contribution in [-0.2, 0) is 4.74 Å². The van der Waals surface area contributed by atoms with Crippen molar-refractivity contribution in [1.82, 2.24) is 5.32 Å². The molecule has 0 fully saturated rings. The summed E-state index contributed by atoms with van der Waals surface area (Å²) < 4.78 is 11.3. The van der Waals surface area contributed by atoms with Gasteiger partial charge in [0.2, 0.25) is 0 Å². The average Bonchev–Trinajstić information content (AvgIpc) is 2.45. The smallest absolute Gasteiger partial charge is 0.126 e. The lowest BCUT2D eigenvalue weighted by Crippen LogP contribution is -2.30. The van der Waals surface area contributed by atoms with Crippen molar-refractivity contribution < 1.29 is 9.47 Å². The first-order valence-electron chi connectivity index (χ1n) is 7.44. The monoisotopic (exact) mass is 277 g/mol.